The Morgan fingerprint density at radius 1 is 1.15 bits per heavy atom. The first kappa shape index (κ1) is 13.7. The van der Waals surface area contributed by atoms with Crippen LogP contribution in [0.2, 0.25) is 0 Å². The van der Waals surface area contributed by atoms with Gasteiger partial charge in [-0.2, -0.15) is 0 Å². The zero-order valence-electron chi connectivity index (χ0n) is 12.0. The number of esters is 1. The molecule has 0 unspecified atom stereocenters. The molecule has 1 N–H and O–H groups in total. The summed E-state index contributed by atoms with van der Waals surface area (Å²) in [5.41, 5.74) is 0. The minimum Gasteiger partial charge on any atom is -0.469 e. The molecule has 0 spiro atoms. The molecular weight excluding hydrogens is 254 g/mol. The summed E-state index contributed by atoms with van der Waals surface area (Å²) in [4.78, 5) is 24.4. The van der Waals surface area contributed by atoms with E-state index in [1.165, 1.54) is 7.11 Å². The Bertz CT molecular complexity index is 431. The lowest BCUT2D eigenvalue weighted by Gasteiger charge is -2.31. The van der Waals surface area contributed by atoms with Crippen LogP contribution >= 0.6 is 0 Å². The Kier molecular flexibility index (Phi) is 3.81. The lowest BCUT2D eigenvalue weighted by molar-refractivity contribution is -0.148. The molecule has 3 rings (SSSR count). The third-order valence-corrected chi connectivity index (χ3v) is 5.34. The van der Waals surface area contributed by atoms with Crippen molar-refractivity contribution in [3.63, 3.8) is 0 Å². The van der Waals surface area contributed by atoms with Crippen molar-refractivity contribution in [2.45, 2.75) is 44.6 Å². The van der Waals surface area contributed by atoms with Gasteiger partial charge in [0.2, 0.25) is 5.91 Å². The quantitative estimate of drug-likeness (QED) is 0.634. The molecule has 2 saturated carbocycles. The van der Waals surface area contributed by atoms with Crippen LogP contribution < -0.4 is 5.32 Å². The number of carbonyl (C=O) groups is 2. The summed E-state index contributed by atoms with van der Waals surface area (Å²) >= 11 is 0. The fourth-order valence-corrected chi connectivity index (χ4v) is 4.29. The first-order valence-electron chi connectivity index (χ1n) is 7.74. The van der Waals surface area contributed by atoms with Gasteiger partial charge in [-0.1, -0.05) is 12.2 Å². The number of hydrogen-bond acceptors (Lipinski definition) is 3. The molecule has 110 valence electrons. The van der Waals surface area contributed by atoms with Crippen LogP contribution in [0.15, 0.2) is 12.2 Å². The average Bonchev–Trinajstić information content (AvgIpc) is 3.08. The largest absolute Gasteiger partial charge is 0.469 e. The van der Waals surface area contributed by atoms with Crippen LogP contribution in [0.1, 0.15) is 38.5 Å². The van der Waals surface area contributed by atoms with E-state index in [0.29, 0.717) is 11.8 Å². The Hall–Kier alpha value is -1.32. The number of rotatable bonds is 3. The van der Waals surface area contributed by atoms with Crippen molar-refractivity contribution in [2.24, 2.45) is 23.7 Å². The Morgan fingerprint density at radius 2 is 1.95 bits per heavy atom. The zero-order chi connectivity index (χ0) is 14.1. The molecule has 0 radical (unpaired) electrons. The van der Waals surface area contributed by atoms with Crippen molar-refractivity contribution in [3.05, 3.63) is 12.2 Å². The third kappa shape index (κ3) is 2.36. The van der Waals surface area contributed by atoms with Crippen LogP contribution in [0.3, 0.4) is 0 Å². The number of fused-ring (bicyclic) bond motifs is 2. The highest BCUT2D eigenvalue weighted by atomic mass is 16.5. The number of carbonyl (C=O) groups excluding carboxylic acids is 2. The second-order valence-corrected chi connectivity index (χ2v) is 6.40. The van der Waals surface area contributed by atoms with Crippen molar-refractivity contribution in [3.8, 4) is 0 Å². The van der Waals surface area contributed by atoms with Gasteiger partial charge in [0.25, 0.3) is 0 Å². The number of hydrogen-bond donors (Lipinski definition) is 1. The van der Waals surface area contributed by atoms with E-state index in [9.17, 15) is 9.59 Å². The predicted octanol–water partition coefficient (Wildman–Crippen LogP) is 2.05. The van der Waals surface area contributed by atoms with Crippen molar-refractivity contribution in [1.82, 2.24) is 5.32 Å². The van der Waals surface area contributed by atoms with E-state index in [1.54, 1.807) is 0 Å². The molecule has 2 fully saturated rings. The maximum Gasteiger partial charge on any atom is 0.311 e. The molecule has 2 bridgehead atoms. The average molecular weight is 277 g/mol. The Morgan fingerprint density at radius 3 is 2.65 bits per heavy atom. The van der Waals surface area contributed by atoms with Gasteiger partial charge in [-0.15, -0.1) is 0 Å². The fraction of sp³-hybridized carbons (Fsp3) is 0.750. The zero-order valence-corrected chi connectivity index (χ0v) is 12.0. The van der Waals surface area contributed by atoms with Crippen LogP contribution in [-0.4, -0.2) is 25.0 Å². The van der Waals surface area contributed by atoms with Crippen LogP contribution in [-0.2, 0) is 14.3 Å². The second kappa shape index (κ2) is 5.58. The number of ether oxygens (including phenoxy) is 1. The van der Waals surface area contributed by atoms with E-state index in [0.717, 1.165) is 38.5 Å². The van der Waals surface area contributed by atoms with Crippen LogP contribution in [0, 0.1) is 23.7 Å². The minimum atomic E-state index is -0.147. The van der Waals surface area contributed by atoms with Gasteiger partial charge in [0.05, 0.1) is 13.0 Å². The van der Waals surface area contributed by atoms with E-state index in [2.05, 4.69) is 17.5 Å². The van der Waals surface area contributed by atoms with E-state index < -0.39 is 0 Å². The SMILES string of the molecule is COC(=O)[C@@H]1[C@H]2CC[C@@H](C2)[C@@H]1NC(=O)[C@@H]1CC=CCC1. The van der Waals surface area contributed by atoms with Gasteiger partial charge in [0.15, 0.2) is 0 Å². The molecular formula is C16H23NO3. The standard InChI is InChI=1S/C16H23NO3/c1-20-16(19)13-11-7-8-12(9-11)14(13)17-15(18)10-5-3-2-4-6-10/h2-3,10-14H,4-9H2,1H3,(H,17,18)/t10-,11+,12+,13-,14+/m1/s1. The number of nitrogens with one attached hydrogen (secondary N) is 1. The first-order chi connectivity index (χ1) is 9.70. The third-order valence-electron chi connectivity index (χ3n) is 5.34. The van der Waals surface area contributed by atoms with E-state index in [1.807, 2.05) is 0 Å². The summed E-state index contributed by atoms with van der Waals surface area (Å²) in [7, 11) is 1.44. The summed E-state index contributed by atoms with van der Waals surface area (Å²) in [6.45, 7) is 0. The second-order valence-electron chi connectivity index (χ2n) is 6.40. The lowest BCUT2D eigenvalue weighted by atomic mass is 9.83. The molecule has 4 heteroatoms. The summed E-state index contributed by atoms with van der Waals surface area (Å²) in [6, 6.07) is -0.000365. The molecule has 20 heavy (non-hydrogen) atoms. The van der Waals surface area contributed by atoms with Crippen molar-refractivity contribution in [1.29, 1.82) is 0 Å². The van der Waals surface area contributed by atoms with Gasteiger partial charge in [-0.05, 0) is 50.4 Å². The molecule has 0 saturated heterocycles. The van der Waals surface area contributed by atoms with Gasteiger partial charge in [0, 0.05) is 12.0 Å². The van der Waals surface area contributed by atoms with Gasteiger partial charge in [0.1, 0.15) is 0 Å². The normalized spacial score (nSPS) is 38.8. The number of amides is 1. The molecule has 0 aromatic heterocycles. The minimum absolute atomic E-state index is 0.000365. The van der Waals surface area contributed by atoms with Gasteiger partial charge in [-0.3, -0.25) is 9.59 Å². The van der Waals surface area contributed by atoms with Crippen LogP contribution in [0.25, 0.3) is 0 Å². The van der Waals surface area contributed by atoms with Gasteiger partial charge in [-0.25, -0.2) is 0 Å². The van der Waals surface area contributed by atoms with Gasteiger partial charge >= 0.3 is 5.97 Å². The van der Waals surface area contributed by atoms with Crippen molar-refractivity contribution >= 4 is 11.9 Å². The molecule has 4 nitrogen and oxygen atoms in total. The maximum absolute atomic E-state index is 12.4. The highest BCUT2D eigenvalue weighted by Crippen LogP contribution is 2.49. The molecule has 1 amide bonds. The lowest BCUT2D eigenvalue weighted by Crippen LogP contribution is -2.49. The molecule has 0 heterocycles. The molecule has 5 atom stereocenters. The summed E-state index contributed by atoms with van der Waals surface area (Å²) < 4.78 is 4.94. The monoisotopic (exact) mass is 277 g/mol. The topological polar surface area (TPSA) is 55.4 Å². The first-order valence-corrected chi connectivity index (χ1v) is 7.74. The predicted molar refractivity (Wildman–Crippen MR) is 74.7 cm³/mol. The van der Waals surface area contributed by atoms with Gasteiger partial charge < -0.3 is 10.1 Å². The number of methoxy groups -OCH3 is 1. The summed E-state index contributed by atoms with van der Waals surface area (Å²) in [5, 5.41) is 3.17. The molecule has 3 aliphatic rings. The molecule has 3 aliphatic carbocycles. The smallest absolute Gasteiger partial charge is 0.311 e. The number of allylic oxidation sites excluding steroid dienone is 2. The fourth-order valence-electron chi connectivity index (χ4n) is 4.29. The van der Waals surface area contributed by atoms with Crippen LogP contribution in [0.5, 0.6) is 0 Å². The van der Waals surface area contributed by atoms with E-state index in [4.69, 9.17) is 4.74 Å². The van der Waals surface area contributed by atoms with E-state index >= 15 is 0 Å². The highest BCUT2D eigenvalue weighted by molar-refractivity contribution is 5.81. The Balaban J connectivity index is 1.67. The summed E-state index contributed by atoms with van der Waals surface area (Å²) in [6.07, 6.45) is 10.3. The van der Waals surface area contributed by atoms with E-state index in [-0.39, 0.29) is 29.8 Å². The summed E-state index contributed by atoms with van der Waals surface area (Å²) in [5.74, 6) is 0.808. The molecule has 0 aliphatic heterocycles. The Labute approximate surface area is 119 Å². The van der Waals surface area contributed by atoms with Crippen molar-refractivity contribution < 1.29 is 14.3 Å². The van der Waals surface area contributed by atoms with Crippen molar-refractivity contribution in [2.75, 3.05) is 7.11 Å². The van der Waals surface area contributed by atoms with Crippen LogP contribution in [0.4, 0.5) is 0 Å². The highest BCUT2D eigenvalue weighted by Gasteiger charge is 2.52. The molecule has 0 aromatic carbocycles. The molecule has 0 aromatic rings. The maximum atomic E-state index is 12.4.